The van der Waals surface area contributed by atoms with E-state index in [1.807, 2.05) is 19.1 Å². The zero-order chi connectivity index (χ0) is 18.6. The lowest BCUT2D eigenvalue weighted by atomic mass is 9.96. The van der Waals surface area contributed by atoms with Crippen molar-refractivity contribution in [1.29, 1.82) is 0 Å². The molecule has 0 aliphatic heterocycles. The minimum atomic E-state index is 0.408. The summed E-state index contributed by atoms with van der Waals surface area (Å²) in [5.74, 6) is 1.73. The number of fused-ring (bicyclic) bond motifs is 1. The molecule has 0 saturated heterocycles. The number of benzene rings is 2. The summed E-state index contributed by atoms with van der Waals surface area (Å²) in [6.45, 7) is 4.75. The first kappa shape index (κ1) is 17.8. The van der Waals surface area contributed by atoms with E-state index in [1.54, 1.807) is 0 Å². The molecule has 0 amide bonds. The van der Waals surface area contributed by atoms with Crippen LogP contribution < -0.4 is 10.1 Å². The van der Waals surface area contributed by atoms with Gasteiger partial charge in [0.1, 0.15) is 17.1 Å². The number of aryl methyl sites for hydroxylation is 1. The van der Waals surface area contributed by atoms with E-state index in [4.69, 9.17) is 14.1 Å². The molecule has 0 spiro atoms. The fraction of sp³-hybridized carbons (Fsp3) is 0.375. The van der Waals surface area contributed by atoms with Gasteiger partial charge >= 0.3 is 0 Å². The molecule has 0 bridgehead atoms. The van der Waals surface area contributed by atoms with Gasteiger partial charge in [-0.15, -0.1) is 0 Å². The van der Waals surface area contributed by atoms with Crippen molar-refractivity contribution in [2.75, 3.05) is 6.61 Å². The highest BCUT2D eigenvalue weighted by Crippen LogP contribution is 2.26. The Kier molecular flexibility index (Phi) is 5.28. The zero-order valence-corrected chi connectivity index (χ0v) is 16.2. The maximum Gasteiger partial charge on any atom is 0.137 e. The average Bonchev–Trinajstić information content (AvgIpc) is 2.70. The molecule has 2 aromatic carbocycles. The van der Waals surface area contributed by atoms with Gasteiger partial charge in [-0.25, -0.2) is 0 Å². The molecule has 3 heteroatoms. The number of nitrogens with zero attached hydrogens (tertiary/aromatic N) is 1. The van der Waals surface area contributed by atoms with Crippen molar-refractivity contribution in [3.05, 3.63) is 59.5 Å². The van der Waals surface area contributed by atoms with Crippen LogP contribution in [-0.2, 0) is 0 Å². The Hall–Kier alpha value is -2.55. The molecule has 1 fully saturated rings. The minimum absolute atomic E-state index is 0.408. The van der Waals surface area contributed by atoms with E-state index in [2.05, 4.69) is 43.3 Å². The maximum atomic E-state index is 6.24. The monoisotopic (exact) mass is 361 g/mol. The Bertz CT molecular complexity index is 979. The highest BCUT2D eigenvalue weighted by molar-refractivity contribution is 5.80. The van der Waals surface area contributed by atoms with Crippen molar-refractivity contribution < 1.29 is 9.15 Å². The molecule has 140 valence electrons. The zero-order valence-electron chi connectivity index (χ0n) is 16.2. The van der Waals surface area contributed by atoms with Gasteiger partial charge in [-0.1, -0.05) is 49.1 Å². The first-order valence-electron chi connectivity index (χ1n) is 10.0. The topological polar surface area (TPSA) is 34.7 Å². The summed E-state index contributed by atoms with van der Waals surface area (Å²) in [6, 6.07) is 17.0. The van der Waals surface area contributed by atoms with Crippen molar-refractivity contribution >= 4 is 11.0 Å². The number of hydrogen-bond acceptors (Lipinski definition) is 3. The summed E-state index contributed by atoms with van der Waals surface area (Å²) in [6.07, 6.45) is 6.24. The van der Waals surface area contributed by atoms with Crippen LogP contribution in [0.25, 0.3) is 22.3 Å². The summed E-state index contributed by atoms with van der Waals surface area (Å²) < 4.78 is 11.9. The second kappa shape index (κ2) is 7.99. The lowest BCUT2D eigenvalue weighted by Gasteiger charge is -2.17. The van der Waals surface area contributed by atoms with Gasteiger partial charge in [0.15, 0.2) is 0 Å². The normalized spacial score (nSPS) is 16.0. The van der Waals surface area contributed by atoms with Crippen LogP contribution in [0, 0.1) is 6.92 Å². The van der Waals surface area contributed by atoms with Crippen LogP contribution in [0.3, 0.4) is 0 Å². The predicted octanol–water partition coefficient (Wildman–Crippen LogP) is 6.04. The summed E-state index contributed by atoms with van der Waals surface area (Å²) >= 11 is 0. The number of hydrogen-bond donors (Lipinski definition) is 0. The van der Waals surface area contributed by atoms with Crippen molar-refractivity contribution in [3.8, 4) is 17.1 Å². The van der Waals surface area contributed by atoms with E-state index in [-0.39, 0.29) is 0 Å². The van der Waals surface area contributed by atoms with Crippen LogP contribution in [-0.4, -0.2) is 12.6 Å². The smallest absolute Gasteiger partial charge is 0.137 e. The predicted molar refractivity (Wildman–Crippen MR) is 110 cm³/mol. The summed E-state index contributed by atoms with van der Waals surface area (Å²) in [4.78, 5) is 5.14. The van der Waals surface area contributed by atoms with Crippen LogP contribution in [0.5, 0.6) is 5.75 Å². The molecule has 1 heterocycles. The van der Waals surface area contributed by atoms with Crippen LogP contribution in [0.2, 0.25) is 0 Å². The third-order valence-electron chi connectivity index (χ3n) is 5.26. The van der Waals surface area contributed by atoms with Gasteiger partial charge in [0.05, 0.1) is 18.0 Å². The molecular weight excluding hydrogens is 334 g/mol. The molecule has 1 aliphatic rings. The molecule has 0 atom stereocenters. The van der Waals surface area contributed by atoms with Gasteiger partial charge in [-0.05, 0) is 44.9 Å². The van der Waals surface area contributed by atoms with Gasteiger partial charge in [-0.3, -0.25) is 4.99 Å². The Morgan fingerprint density at radius 3 is 2.52 bits per heavy atom. The number of ether oxygens (including phenoxy) is 1. The summed E-state index contributed by atoms with van der Waals surface area (Å²) in [5, 5.41) is 2.04. The Morgan fingerprint density at radius 1 is 1.00 bits per heavy atom. The van der Waals surface area contributed by atoms with E-state index >= 15 is 0 Å². The standard InChI is InChI=1S/C24H27NO2/c1-3-26-20-13-14-23-21(15-20)22(25-19-7-5-4-6-8-19)16-24(27-23)18-11-9-17(2)10-12-18/h9-16,19H,3-8H2,1-2H3. The summed E-state index contributed by atoms with van der Waals surface area (Å²) in [5.41, 5.74) is 3.18. The van der Waals surface area contributed by atoms with Crippen LogP contribution in [0.1, 0.15) is 44.6 Å². The quantitative estimate of drug-likeness (QED) is 0.568. The van der Waals surface area contributed by atoms with Crippen molar-refractivity contribution in [1.82, 2.24) is 0 Å². The van der Waals surface area contributed by atoms with Gasteiger partial charge < -0.3 is 9.15 Å². The highest BCUT2D eigenvalue weighted by Gasteiger charge is 2.13. The lowest BCUT2D eigenvalue weighted by molar-refractivity contribution is 0.340. The molecular formula is C24H27NO2. The van der Waals surface area contributed by atoms with E-state index in [1.165, 1.54) is 37.7 Å². The van der Waals surface area contributed by atoms with Crippen LogP contribution >= 0.6 is 0 Å². The highest BCUT2D eigenvalue weighted by atomic mass is 16.5. The maximum absolute atomic E-state index is 6.24. The Labute approximate surface area is 160 Å². The molecule has 27 heavy (non-hydrogen) atoms. The average molecular weight is 361 g/mol. The first-order valence-corrected chi connectivity index (χ1v) is 10.0. The molecule has 1 saturated carbocycles. The molecule has 0 unspecified atom stereocenters. The van der Waals surface area contributed by atoms with Crippen molar-refractivity contribution in [2.24, 2.45) is 4.99 Å². The second-order valence-corrected chi connectivity index (χ2v) is 7.37. The minimum Gasteiger partial charge on any atom is -0.494 e. The van der Waals surface area contributed by atoms with E-state index in [0.29, 0.717) is 12.6 Å². The van der Waals surface area contributed by atoms with Gasteiger partial charge in [0.2, 0.25) is 0 Å². The van der Waals surface area contributed by atoms with E-state index < -0.39 is 0 Å². The second-order valence-electron chi connectivity index (χ2n) is 7.37. The van der Waals surface area contributed by atoms with Crippen molar-refractivity contribution in [3.63, 3.8) is 0 Å². The third kappa shape index (κ3) is 4.08. The molecule has 0 radical (unpaired) electrons. The molecule has 3 nitrogen and oxygen atoms in total. The van der Waals surface area contributed by atoms with E-state index in [0.717, 1.165) is 33.4 Å². The molecule has 3 aromatic rings. The van der Waals surface area contributed by atoms with Gasteiger partial charge in [0.25, 0.3) is 0 Å². The van der Waals surface area contributed by atoms with Crippen LogP contribution in [0.4, 0.5) is 0 Å². The lowest BCUT2D eigenvalue weighted by Crippen LogP contribution is -2.15. The molecule has 1 aromatic heterocycles. The Morgan fingerprint density at radius 2 is 1.78 bits per heavy atom. The van der Waals surface area contributed by atoms with Crippen molar-refractivity contribution in [2.45, 2.75) is 52.0 Å². The first-order chi connectivity index (χ1) is 13.2. The van der Waals surface area contributed by atoms with Gasteiger partial charge in [-0.2, -0.15) is 0 Å². The van der Waals surface area contributed by atoms with Gasteiger partial charge in [0, 0.05) is 17.0 Å². The number of rotatable bonds is 4. The molecule has 0 N–H and O–H groups in total. The summed E-state index contributed by atoms with van der Waals surface area (Å²) in [7, 11) is 0. The largest absolute Gasteiger partial charge is 0.494 e. The third-order valence-corrected chi connectivity index (χ3v) is 5.26. The molecule has 4 rings (SSSR count). The fourth-order valence-electron chi connectivity index (χ4n) is 3.78. The molecule has 1 aliphatic carbocycles. The SMILES string of the molecule is CCOc1ccc2oc(-c3ccc(C)cc3)cc(=NC3CCCCC3)c2c1. The Balaban J connectivity index is 1.87. The van der Waals surface area contributed by atoms with Crippen LogP contribution in [0.15, 0.2) is 57.9 Å². The van der Waals surface area contributed by atoms with E-state index in [9.17, 15) is 0 Å². The fourth-order valence-corrected chi connectivity index (χ4v) is 3.78.